The Kier molecular flexibility index (Phi) is 4.53. The molecule has 1 aliphatic rings. The van der Waals surface area contributed by atoms with Gasteiger partial charge in [-0.05, 0) is 47.7 Å². The van der Waals surface area contributed by atoms with Crippen molar-refractivity contribution in [2.45, 2.75) is 0 Å². The number of nitrogens with zero attached hydrogens (tertiary/aromatic N) is 2. The molecule has 0 unspecified atom stereocenters. The van der Waals surface area contributed by atoms with Crippen LogP contribution >= 0.6 is 11.8 Å². The van der Waals surface area contributed by atoms with Crippen LogP contribution in [0.3, 0.4) is 0 Å². The van der Waals surface area contributed by atoms with Crippen molar-refractivity contribution in [2.24, 2.45) is 0 Å². The second-order valence-corrected chi connectivity index (χ2v) is 7.43. The standard InChI is InChI=1S/C22H13N3O4S/c26-21-19(30-22(27)25-21)10-17-9-14-11-24-12-18(20(14)29-17)13-2-1-3-16(8-13)28-15-4-6-23-7-5-15/h1-12H,(H,25,26,27)/b19-10+. The maximum Gasteiger partial charge on any atom is 0.290 e. The predicted octanol–water partition coefficient (Wildman–Crippen LogP) is 5.01. The van der Waals surface area contributed by atoms with Gasteiger partial charge in [-0.15, -0.1) is 0 Å². The number of ether oxygens (including phenoxy) is 1. The molecule has 0 spiro atoms. The molecule has 0 radical (unpaired) electrons. The van der Waals surface area contributed by atoms with Gasteiger partial charge in [0.15, 0.2) is 0 Å². The molecule has 7 nitrogen and oxygen atoms in total. The quantitative estimate of drug-likeness (QED) is 0.468. The van der Waals surface area contributed by atoms with Gasteiger partial charge in [0.25, 0.3) is 11.1 Å². The Labute approximate surface area is 174 Å². The Morgan fingerprint density at radius 2 is 1.87 bits per heavy atom. The fourth-order valence-electron chi connectivity index (χ4n) is 3.08. The van der Waals surface area contributed by atoms with Crippen LogP contribution in [0.5, 0.6) is 11.5 Å². The summed E-state index contributed by atoms with van der Waals surface area (Å²) in [6, 6.07) is 12.9. The molecule has 0 aliphatic carbocycles. The molecule has 0 bridgehead atoms. The van der Waals surface area contributed by atoms with Gasteiger partial charge in [-0.25, -0.2) is 0 Å². The Morgan fingerprint density at radius 3 is 2.67 bits per heavy atom. The molecule has 0 atom stereocenters. The van der Waals surface area contributed by atoms with Crippen LogP contribution in [-0.4, -0.2) is 21.1 Å². The molecular weight excluding hydrogens is 402 g/mol. The minimum atomic E-state index is -0.426. The molecule has 4 aromatic rings. The van der Waals surface area contributed by atoms with Crippen LogP contribution in [0.2, 0.25) is 0 Å². The van der Waals surface area contributed by atoms with Gasteiger partial charge in [0, 0.05) is 41.8 Å². The molecule has 1 aromatic carbocycles. The first-order valence-corrected chi connectivity index (χ1v) is 9.78. The number of nitrogens with one attached hydrogen (secondary N) is 1. The summed E-state index contributed by atoms with van der Waals surface area (Å²) in [5.74, 6) is 1.40. The summed E-state index contributed by atoms with van der Waals surface area (Å²) in [7, 11) is 0. The van der Waals surface area contributed by atoms with Crippen molar-refractivity contribution in [1.29, 1.82) is 0 Å². The first kappa shape index (κ1) is 18.1. The molecule has 0 saturated carbocycles. The highest BCUT2D eigenvalue weighted by atomic mass is 32.2. The Hall–Kier alpha value is -3.91. The van der Waals surface area contributed by atoms with Crippen molar-refractivity contribution in [3.63, 3.8) is 0 Å². The number of hydrogen-bond acceptors (Lipinski definition) is 7. The van der Waals surface area contributed by atoms with E-state index in [-0.39, 0.29) is 0 Å². The van der Waals surface area contributed by atoms with Crippen molar-refractivity contribution in [1.82, 2.24) is 15.3 Å². The molecule has 1 fully saturated rings. The summed E-state index contributed by atoms with van der Waals surface area (Å²) in [4.78, 5) is 31.7. The lowest BCUT2D eigenvalue weighted by Gasteiger charge is -2.08. The topological polar surface area (TPSA) is 94.3 Å². The Balaban J connectivity index is 1.51. The highest BCUT2D eigenvalue weighted by Crippen LogP contribution is 2.34. The number of benzene rings is 1. The van der Waals surface area contributed by atoms with E-state index in [0.717, 1.165) is 28.3 Å². The third-order valence-electron chi connectivity index (χ3n) is 4.39. The lowest BCUT2D eigenvalue weighted by molar-refractivity contribution is -0.115. The van der Waals surface area contributed by atoms with Gasteiger partial charge in [0.2, 0.25) is 0 Å². The second kappa shape index (κ2) is 7.49. The van der Waals surface area contributed by atoms with Gasteiger partial charge >= 0.3 is 0 Å². The van der Waals surface area contributed by atoms with Crippen LogP contribution < -0.4 is 10.1 Å². The maximum atomic E-state index is 11.8. The van der Waals surface area contributed by atoms with Gasteiger partial charge in [0.1, 0.15) is 22.8 Å². The number of pyridine rings is 2. The number of aromatic nitrogens is 2. The molecule has 5 rings (SSSR count). The predicted molar refractivity (Wildman–Crippen MR) is 113 cm³/mol. The van der Waals surface area contributed by atoms with Crippen LogP contribution in [0.25, 0.3) is 28.2 Å². The highest BCUT2D eigenvalue weighted by molar-refractivity contribution is 8.18. The van der Waals surface area contributed by atoms with E-state index in [4.69, 9.17) is 9.15 Å². The number of thioether (sulfide) groups is 1. The van der Waals surface area contributed by atoms with Crippen molar-refractivity contribution < 1.29 is 18.7 Å². The van der Waals surface area contributed by atoms with Crippen LogP contribution in [-0.2, 0) is 4.79 Å². The van der Waals surface area contributed by atoms with Crippen LogP contribution in [0.4, 0.5) is 4.79 Å². The largest absolute Gasteiger partial charge is 0.457 e. The lowest BCUT2D eigenvalue weighted by atomic mass is 10.1. The zero-order valence-electron chi connectivity index (χ0n) is 15.4. The van der Waals surface area contributed by atoms with Crippen molar-refractivity contribution in [2.75, 3.05) is 0 Å². The van der Waals surface area contributed by atoms with E-state index in [1.807, 2.05) is 24.3 Å². The molecule has 2 amide bonds. The van der Waals surface area contributed by atoms with Gasteiger partial charge in [-0.3, -0.25) is 24.9 Å². The smallest absolute Gasteiger partial charge is 0.290 e. The average molecular weight is 415 g/mol. The Morgan fingerprint density at radius 1 is 1.00 bits per heavy atom. The van der Waals surface area contributed by atoms with Crippen LogP contribution in [0.1, 0.15) is 5.76 Å². The number of amides is 2. The average Bonchev–Trinajstić information content (AvgIpc) is 3.30. The number of rotatable bonds is 4. The molecule has 1 N–H and O–H groups in total. The minimum Gasteiger partial charge on any atom is -0.457 e. The number of hydrogen-bond donors (Lipinski definition) is 1. The van der Waals surface area contributed by atoms with Gasteiger partial charge < -0.3 is 9.15 Å². The second-order valence-electron chi connectivity index (χ2n) is 6.42. The summed E-state index contributed by atoms with van der Waals surface area (Å²) >= 11 is 0.847. The third kappa shape index (κ3) is 3.56. The summed E-state index contributed by atoms with van der Waals surface area (Å²) in [5.41, 5.74) is 2.29. The molecule has 8 heteroatoms. The van der Waals surface area contributed by atoms with Gasteiger partial charge in [-0.2, -0.15) is 0 Å². The monoisotopic (exact) mass is 415 g/mol. The lowest BCUT2D eigenvalue weighted by Crippen LogP contribution is -2.17. The molecule has 30 heavy (non-hydrogen) atoms. The van der Waals surface area contributed by atoms with Crippen LogP contribution in [0, 0.1) is 0 Å². The SMILES string of the molecule is O=C1NC(=O)/C(=C\c2cc3cncc(-c4cccc(Oc5ccncc5)c4)c3o2)S1. The fourth-order valence-corrected chi connectivity index (χ4v) is 3.74. The van der Waals surface area contributed by atoms with Crippen molar-refractivity contribution in [3.05, 3.63) is 77.9 Å². The first-order valence-electron chi connectivity index (χ1n) is 8.96. The van der Waals surface area contributed by atoms with E-state index in [9.17, 15) is 9.59 Å². The summed E-state index contributed by atoms with van der Waals surface area (Å²) in [6.07, 6.45) is 8.29. The summed E-state index contributed by atoms with van der Waals surface area (Å²) in [5, 5.41) is 2.62. The molecule has 1 saturated heterocycles. The summed E-state index contributed by atoms with van der Waals surface area (Å²) < 4.78 is 11.9. The van der Waals surface area contributed by atoms with E-state index < -0.39 is 11.1 Å². The molecule has 3 aromatic heterocycles. The highest BCUT2D eigenvalue weighted by Gasteiger charge is 2.25. The number of carbonyl (C=O) groups is 2. The van der Waals surface area contributed by atoms with Crippen molar-refractivity contribution >= 4 is 40.0 Å². The van der Waals surface area contributed by atoms with E-state index in [1.165, 1.54) is 0 Å². The van der Waals surface area contributed by atoms with Crippen molar-refractivity contribution in [3.8, 4) is 22.6 Å². The number of imide groups is 1. The number of carbonyl (C=O) groups excluding carboxylic acids is 2. The van der Waals surface area contributed by atoms with Gasteiger partial charge in [0.05, 0.1) is 4.91 Å². The first-order chi connectivity index (χ1) is 14.7. The summed E-state index contributed by atoms with van der Waals surface area (Å²) in [6.45, 7) is 0. The number of fused-ring (bicyclic) bond motifs is 1. The van der Waals surface area contributed by atoms with Gasteiger partial charge in [-0.1, -0.05) is 12.1 Å². The molecular formula is C22H13N3O4S. The van der Waals surface area contributed by atoms with E-state index in [0.29, 0.717) is 27.7 Å². The molecule has 4 heterocycles. The molecule has 1 aliphatic heterocycles. The van der Waals surface area contributed by atoms with E-state index in [1.54, 1.807) is 49.1 Å². The third-order valence-corrected chi connectivity index (χ3v) is 5.20. The van der Waals surface area contributed by atoms with E-state index >= 15 is 0 Å². The van der Waals surface area contributed by atoms with E-state index in [2.05, 4.69) is 15.3 Å². The minimum absolute atomic E-state index is 0.293. The normalized spacial score (nSPS) is 15.0. The fraction of sp³-hybridized carbons (Fsp3) is 0. The zero-order chi connectivity index (χ0) is 20.5. The maximum absolute atomic E-state index is 11.8. The van der Waals surface area contributed by atoms with Crippen LogP contribution in [0.15, 0.2) is 76.6 Å². The number of furan rings is 1. The zero-order valence-corrected chi connectivity index (χ0v) is 16.2. The Bertz CT molecular complexity index is 1310. The molecule has 146 valence electrons.